The summed E-state index contributed by atoms with van der Waals surface area (Å²) in [5, 5.41) is 7.20. The van der Waals surface area contributed by atoms with Crippen LogP contribution >= 0.6 is 35.6 Å². The molecule has 1 aliphatic rings. The van der Waals surface area contributed by atoms with Gasteiger partial charge in [0.15, 0.2) is 5.96 Å². The lowest BCUT2D eigenvalue weighted by molar-refractivity contribution is 0.152. The van der Waals surface area contributed by atoms with E-state index in [2.05, 4.69) is 46.3 Å². The molecule has 5 nitrogen and oxygen atoms in total. The summed E-state index contributed by atoms with van der Waals surface area (Å²) in [6.45, 7) is 11.6. The van der Waals surface area contributed by atoms with Crippen molar-refractivity contribution in [3.05, 3.63) is 34.6 Å². The van der Waals surface area contributed by atoms with E-state index >= 15 is 0 Å². The molecule has 0 saturated carbocycles. The molecule has 166 valence electrons. The smallest absolute Gasteiger partial charge is 0.191 e. The molecular weight excluding hydrogens is 504 g/mol. The molecule has 8 heteroatoms. The van der Waals surface area contributed by atoms with Gasteiger partial charge in [0.1, 0.15) is 5.82 Å². The van der Waals surface area contributed by atoms with Crippen molar-refractivity contribution < 1.29 is 4.39 Å². The van der Waals surface area contributed by atoms with Crippen LogP contribution < -0.4 is 10.6 Å². The van der Waals surface area contributed by atoms with Gasteiger partial charge in [0.2, 0.25) is 0 Å². The van der Waals surface area contributed by atoms with Crippen LogP contribution in [0.2, 0.25) is 5.02 Å². The zero-order valence-corrected chi connectivity index (χ0v) is 21.2. The fourth-order valence-corrected chi connectivity index (χ4v) is 3.82. The van der Waals surface area contributed by atoms with Crippen molar-refractivity contribution in [2.75, 3.05) is 59.9 Å². The number of piperazine rings is 1. The van der Waals surface area contributed by atoms with E-state index in [0.29, 0.717) is 11.6 Å². The van der Waals surface area contributed by atoms with Crippen LogP contribution in [-0.2, 0) is 5.41 Å². The molecule has 1 aromatic rings. The molecule has 2 N–H and O–H groups in total. The number of likely N-dealkylation sites (N-methyl/N-ethyl adjacent to an activating group) is 1. The minimum absolute atomic E-state index is 0. The second-order valence-corrected chi connectivity index (χ2v) is 8.62. The number of aliphatic imine (C=N–C) groups is 1. The molecule has 1 aliphatic heterocycles. The molecule has 1 fully saturated rings. The summed E-state index contributed by atoms with van der Waals surface area (Å²) in [4.78, 5) is 9.23. The molecule has 29 heavy (non-hydrogen) atoms. The first-order chi connectivity index (χ1) is 13.3. The summed E-state index contributed by atoms with van der Waals surface area (Å²) in [5.74, 6) is 0.470. The summed E-state index contributed by atoms with van der Waals surface area (Å²) >= 11 is 6.23. The van der Waals surface area contributed by atoms with Crippen molar-refractivity contribution in [3.63, 3.8) is 0 Å². The lowest BCUT2D eigenvalue weighted by atomic mass is 9.84. The van der Waals surface area contributed by atoms with Crippen molar-refractivity contribution in [2.24, 2.45) is 4.99 Å². The van der Waals surface area contributed by atoms with E-state index in [9.17, 15) is 4.39 Å². The molecule has 0 radical (unpaired) electrons. The molecule has 2 rings (SSSR count). The molecule has 0 atom stereocenters. The largest absolute Gasteiger partial charge is 0.356 e. The fourth-order valence-electron chi connectivity index (χ4n) is 3.40. The van der Waals surface area contributed by atoms with Gasteiger partial charge in [-0.05, 0) is 44.1 Å². The summed E-state index contributed by atoms with van der Waals surface area (Å²) in [5.41, 5.74) is 0.676. The van der Waals surface area contributed by atoms with Crippen molar-refractivity contribution >= 4 is 41.5 Å². The number of nitrogens with one attached hydrogen (secondary N) is 2. The molecule has 0 amide bonds. The Morgan fingerprint density at radius 1 is 1.17 bits per heavy atom. The van der Waals surface area contributed by atoms with Gasteiger partial charge in [0.25, 0.3) is 0 Å². The molecular formula is C21H36ClFIN5. The lowest BCUT2D eigenvalue weighted by Crippen LogP contribution is -2.45. The second kappa shape index (κ2) is 12.9. The SMILES string of the molecule is CN=C(NCCCCN1CCN(C)CC1)NCC(C)(C)c1ccc(F)cc1Cl.I. The summed E-state index contributed by atoms with van der Waals surface area (Å²) in [6.07, 6.45) is 2.30. The average Bonchev–Trinajstić information content (AvgIpc) is 2.65. The maximum absolute atomic E-state index is 13.3. The average molecular weight is 540 g/mol. The van der Waals surface area contributed by atoms with Crippen LogP contribution in [0.25, 0.3) is 0 Å². The molecule has 1 saturated heterocycles. The number of rotatable bonds is 8. The van der Waals surface area contributed by atoms with Crippen LogP contribution in [0.15, 0.2) is 23.2 Å². The first-order valence-corrected chi connectivity index (χ1v) is 10.5. The van der Waals surface area contributed by atoms with Gasteiger partial charge in [0, 0.05) is 56.8 Å². The Labute approximate surface area is 197 Å². The highest BCUT2D eigenvalue weighted by Gasteiger charge is 2.24. The zero-order chi connectivity index (χ0) is 20.6. The minimum atomic E-state index is -0.313. The Kier molecular flexibility index (Phi) is 11.8. The predicted molar refractivity (Wildman–Crippen MR) is 132 cm³/mol. The standard InChI is InChI=1S/C21H35ClFN5.HI/c1-21(2,18-8-7-17(23)15-19(18)22)16-26-20(24-3)25-9-5-6-10-28-13-11-27(4)12-14-28;/h7-8,15H,5-6,9-14,16H2,1-4H3,(H2,24,25,26);1H. The molecule has 0 unspecified atom stereocenters. The van der Waals surface area contributed by atoms with Gasteiger partial charge < -0.3 is 20.4 Å². The van der Waals surface area contributed by atoms with Crippen LogP contribution in [0.5, 0.6) is 0 Å². The molecule has 1 aromatic carbocycles. The van der Waals surface area contributed by atoms with Crippen LogP contribution in [0.4, 0.5) is 4.39 Å². The van der Waals surface area contributed by atoms with E-state index in [4.69, 9.17) is 11.6 Å². The predicted octanol–water partition coefficient (Wildman–Crippen LogP) is 3.57. The number of nitrogens with zero attached hydrogens (tertiary/aromatic N) is 3. The molecule has 0 aromatic heterocycles. The fraction of sp³-hybridized carbons (Fsp3) is 0.667. The van der Waals surface area contributed by atoms with Crippen LogP contribution in [-0.4, -0.2) is 75.7 Å². The Bertz CT molecular complexity index is 648. The van der Waals surface area contributed by atoms with Crippen molar-refractivity contribution in [1.29, 1.82) is 0 Å². The monoisotopic (exact) mass is 539 g/mol. The number of hydrogen-bond acceptors (Lipinski definition) is 3. The Morgan fingerprint density at radius 3 is 2.48 bits per heavy atom. The Hall–Kier alpha value is -0.640. The highest BCUT2D eigenvalue weighted by Crippen LogP contribution is 2.29. The molecule has 0 aliphatic carbocycles. The Morgan fingerprint density at radius 2 is 1.86 bits per heavy atom. The van der Waals surface area contributed by atoms with E-state index < -0.39 is 0 Å². The van der Waals surface area contributed by atoms with Gasteiger partial charge in [-0.25, -0.2) is 4.39 Å². The topological polar surface area (TPSA) is 42.9 Å². The van der Waals surface area contributed by atoms with Gasteiger partial charge in [-0.2, -0.15) is 0 Å². The third-order valence-electron chi connectivity index (χ3n) is 5.37. The van der Waals surface area contributed by atoms with E-state index in [1.807, 2.05) is 0 Å². The first kappa shape index (κ1) is 26.4. The summed E-state index contributed by atoms with van der Waals surface area (Å²) < 4.78 is 13.3. The number of unbranched alkanes of at least 4 members (excludes halogenated alkanes) is 1. The normalized spacial score (nSPS) is 16.4. The quantitative estimate of drug-likeness (QED) is 0.229. The van der Waals surface area contributed by atoms with Crippen LogP contribution in [0.1, 0.15) is 32.3 Å². The van der Waals surface area contributed by atoms with E-state index in [0.717, 1.165) is 31.0 Å². The summed E-state index contributed by atoms with van der Waals surface area (Å²) in [6, 6.07) is 4.58. The second-order valence-electron chi connectivity index (χ2n) is 8.21. The van der Waals surface area contributed by atoms with Crippen LogP contribution in [0.3, 0.4) is 0 Å². The lowest BCUT2D eigenvalue weighted by Gasteiger charge is -2.32. The molecule has 0 spiro atoms. The number of benzene rings is 1. The van der Waals surface area contributed by atoms with Gasteiger partial charge in [-0.3, -0.25) is 4.99 Å². The third kappa shape index (κ3) is 8.94. The molecule has 1 heterocycles. The third-order valence-corrected chi connectivity index (χ3v) is 5.68. The van der Waals surface area contributed by atoms with Crippen molar-refractivity contribution in [3.8, 4) is 0 Å². The van der Waals surface area contributed by atoms with Gasteiger partial charge in [0.05, 0.1) is 0 Å². The van der Waals surface area contributed by atoms with E-state index in [1.165, 1.54) is 44.7 Å². The maximum Gasteiger partial charge on any atom is 0.191 e. The maximum atomic E-state index is 13.3. The highest BCUT2D eigenvalue weighted by molar-refractivity contribution is 14.0. The summed E-state index contributed by atoms with van der Waals surface area (Å²) in [7, 11) is 3.96. The van der Waals surface area contributed by atoms with Crippen molar-refractivity contribution in [1.82, 2.24) is 20.4 Å². The highest BCUT2D eigenvalue weighted by atomic mass is 127. The number of guanidine groups is 1. The zero-order valence-electron chi connectivity index (χ0n) is 18.1. The number of halogens is 3. The van der Waals surface area contributed by atoms with Crippen molar-refractivity contribution in [2.45, 2.75) is 32.1 Å². The van der Waals surface area contributed by atoms with E-state index in [-0.39, 0.29) is 35.2 Å². The Balaban J connectivity index is 0.00000420. The van der Waals surface area contributed by atoms with Crippen LogP contribution in [0, 0.1) is 5.82 Å². The van der Waals surface area contributed by atoms with Gasteiger partial charge in [-0.1, -0.05) is 31.5 Å². The van der Waals surface area contributed by atoms with Gasteiger partial charge >= 0.3 is 0 Å². The first-order valence-electron chi connectivity index (χ1n) is 10.1. The minimum Gasteiger partial charge on any atom is -0.356 e. The number of hydrogen-bond donors (Lipinski definition) is 2. The van der Waals surface area contributed by atoms with E-state index in [1.54, 1.807) is 13.1 Å². The van der Waals surface area contributed by atoms with Gasteiger partial charge in [-0.15, -0.1) is 24.0 Å². The molecule has 0 bridgehead atoms.